The third-order valence-corrected chi connectivity index (χ3v) is 8.32. The molecule has 4 rings (SSSR count). The zero-order valence-electron chi connectivity index (χ0n) is 28.7. The molecule has 47 heavy (non-hydrogen) atoms. The van der Waals surface area contributed by atoms with Gasteiger partial charge in [-0.1, -0.05) is 30.7 Å². The van der Waals surface area contributed by atoms with Gasteiger partial charge in [-0.3, -0.25) is 14.5 Å². The van der Waals surface area contributed by atoms with Crippen LogP contribution in [0.4, 0.5) is 14.5 Å². The molecule has 2 amide bonds. The van der Waals surface area contributed by atoms with Gasteiger partial charge in [-0.2, -0.15) is 0 Å². The van der Waals surface area contributed by atoms with Crippen LogP contribution in [0.1, 0.15) is 80.2 Å². The van der Waals surface area contributed by atoms with E-state index in [2.05, 4.69) is 10.2 Å². The Bertz CT molecular complexity index is 1380. The second-order valence-electron chi connectivity index (χ2n) is 13.2. The van der Waals surface area contributed by atoms with Crippen LogP contribution in [0.2, 0.25) is 0 Å². The molecule has 0 saturated carbocycles. The minimum Gasteiger partial charge on any atom is -0.492 e. The molecule has 1 saturated heterocycles. The van der Waals surface area contributed by atoms with E-state index in [0.717, 1.165) is 78.2 Å². The third-order valence-electron chi connectivity index (χ3n) is 8.32. The number of aryl methyl sites for hydroxylation is 1. The van der Waals surface area contributed by atoms with Crippen LogP contribution in [-0.2, 0) is 9.59 Å². The van der Waals surface area contributed by atoms with Gasteiger partial charge < -0.3 is 20.1 Å². The van der Waals surface area contributed by atoms with E-state index in [1.165, 1.54) is 24.3 Å². The van der Waals surface area contributed by atoms with Gasteiger partial charge >= 0.3 is 0 Å². The molecule has 9 heteroatoms. The average molecular weight is 652 g/mol. The maximum Gasteiger partial charge on any atom is 0.222 e. The Hall–Kier alpha value is -3.82. The van der Waals surface area contributed by atoms with E-state index in [0.29, 0.717) is 32.5 Å². The number of nitrogens with one attached hydrogen (secondary N) is 1. The van der Waals surface area contributed by atoms with Crippen LogP contribution in [0, 0.1) is 32.4 Å². The minimum absolute atomic E-state index is 0.0228. The first-order valence-electron chi connectivity index (χ1n) is 16.4. The van der Waals surface area contributed by atoms with E-state index < -0.39 is 5.60 Å². The molecule has 0 bridgehead atoms. The predicted molar refractivity (Wildman–Crippen MR) is 184 cm³/mol. The fourth-order valence-electron chi connectivity index (χ4n) is 5.68. The first kappa shape index (κ1) is 37.6. The molecule has 0 spiro atoms. The third kappa shape index (κ3) is 12.4. The van der Waals surface area contributed by atoms with Gasteiger partial charge in [0.2, 0.25) is 12.3 Å². The fraction of sp³-hybridized carbons (Fsp3) is 0.474. The van der Waals surface area contributed by atoms with Gasteiger partial charge in [0.05, 0.1) is 5.60 Å². The van der Waals surface area contributed by atoms with Crippen molar-refractivity contribution < 1.29 is 28.2 Å². The van der Waals surface area contributed by atoms with Gasteiger partial charge in [-0.15, -0.1) is 0 Å². The van der Waals surface area contributed by atoms with Crippen LogP contribution in [-0.4, -0.2) is 72.2 Å². The monoisotopic (exact) mass is 651 g/mol. The number of rotatable bonds is 13. The lowest BCUT2D eigenvalue weighted by Crippen LogP contribution is -2.49. The molecule has 256 valence electrons. The number of unbranched alkanes of at least 4 members (excludes halogenated alkanes) is 1. The van der Waals surface area contributed by atoms with Crippen LogP contribution in [0.5, 0.6) is 5.75 Å². The summed E-state index contributed by atoms with van der Waals surface area (Å²) in [7, 11) is 0. The lowest BCUT2D eigenvalue weighted by atomic mass is 9.87. The van der Waals surface area contributed by atoms with E-state index >= 15 is 0 Å². The Morgan fingerprint density at radius 2 is 1.45 bits per heavy atom. The van der Waals surface area contributed by atoms with Crippen molar-refractivity contribution in [3.05, 3.63) is 94.0 Å². The normalized spacial score (nSPS) is 13.6. The summed E-state index contributed by atoms with van der Waals surface area (Å²) >= 11 is 0. The van der Waals surface area contributed by atoms with Crippen molar-refractivity contribution >= 4 is 18.0 Å². The van der Waals surface area contributed by atoms with E-state index in [1.807, 2.05) is 31.7 Å². The minimum atomic E-state index is -0.500. The number of carbonyl (C=O) groups is 2. The molecular weight excluding hydrogens is 600 g/mol. The smallest absolute Gasteiger partial charge is 0.222 e. The number of benzene rings is 3. The fourth-order valence-corrected chi connectivity index (χ4v) is 5.68. The van der Waals surface area contributed by atoms with Gasteiger partial charge in [-0.25, -0.2) is 8.78 Å². The molecule has 3 aromatic rings. The zero-order chi connectivity index (χ0) is 34.6. The largest absolute Gasteiger partial charge is 0.492 e. The molecule has 1 aliphatic heterocycles. The number of ether oxygens (including phenoxy) is 1. The van der Waals surface area contributed by atoms with Crippen molar-refractivity contribution in [1.82, 2.24) is 9.80 Å². The van der Waals surface area contributed by atoms with E-state index in [-0.39, 0.29) is 23.5 Å². The highest BCUT2D eigenvalue weighted by Crippen LogP contribution is 2.32. The topological polar surface area (TPSA) is 82.1 Å². The molecular formula is C38H51F2N3O4. The second kappa shape index (κ2) is 17.9. The van der Waals surface area contributed by atoms with Crippen LogP contribution in [0.3, 0.4) is 0 Å². The number of carbonyl (C=O) groups excluding carboxylic acids is 2. The molecule has 1 fully saturated rings. The molecule has 7 nitrogen and oxygen atoms in total. The molecule has 0 unspecified atom stereocenters. The summed E-state index contributed by atoms with van der Waals surface area (Å²) in [5.74, 6) is 0.465. The number of anilines is 1. The van der Waals surface area contributed by atoms with Crippen molar-refractivity contribution in [2.24, 2.45) is 0 Å². The number of aliphatic hydroxyl groups is 1. The summed E-state index contributed by atoms with van der Waals surface area (Å²) in [5.41, 5.74) is 5.29. The lowest BCUT2D eigenvalue weighted by molar-refractivity contribution is -0.133. The first-order chi connectivity index (χ1) is 22.3. The summed E-state index contributed by atoms with van der Waals surface area (Å²) in [6.45, 7) is 15.5. The molecule has 1 aliphatic rings. The van der Waals surface area contributed by atoms with Crippen LogP contribution in [0.15, 0.2) is 54.6 Å². The highest BCUT2D eigenvalue weighted by molar-refractivity contribution is 5.77. The number of hydrogen-bond donors (Lipinski definition) is 2. The Morgan fingerprint density at radius 3 is 1.96 bits per heavy atom. The van der Waals surface area contributed by atoms with Gasteiger partial charge in [0, 0.05) is 50.7 Å². The second-order valence-corrected chi connectivity index (χ2v) is 13.2. The number of hydrogen-bond acceptors (Lipinski definition) is 5. The van der Waals surface area contributed by atoms with Gasteiger partial charge in [0.25, 0.3) is 0 Å². The van der Waals surface area contributed by atoms with E-state index in [4.69, 9.17) is 9.84 Å². The molecule has 1 heterocycles. The highest BCUT2D eigenvalue weighted by atomic mass is 19.1. The summed E-state index contributed by atoms with van der Waals surface area (Å²) in [6.07, 6.45) is 3.60. The van der Waals surface area contributed by atoms with Crippen LogP contribution in [0.25, 0.3) is 0 Å². The lowest BCUT2D eigenvalue weighted by Gasteiger charge is -2.34. The standard InChI is InChI=1S/C34H41F2N3O3.C4H10O/c1-24-22-32(25(2)26(3)34(24)37-23-40)42-21-20-38-16-18-39(19-17-38)33(41)7-5-4-6-31(27-8-12-29(35)13-9-27)28-10-14-30(36)15-11-28;1-4(2,3)5/h8-15,22-23,31H,4-7,16-21H2,1-3H3,(H,37,40);5H,1-3H3. The van der Waals surface area contributed by atoms with Crippen molar-refractivity contribution in [3.8, 4) is 5.75 Å². The van der Waals surface area contributed by atoms with E-state index in [1.54, 1.807) is 45.0 Å². The van der Waals surface area contributed by atoms with Crippen LogP contribution < -0.4 is 10.1 Å². The van der Waals surface area contributed by atoms with Gasteiger partial charge in [-0.05, 0) is 113 Å². The number of nitrogens with zero attached hydrogens (tertiary/aromatic N) is 2. The van der Waals surface area contributed by atoms with Crippen LogP contribution >= 0.6 is 0 Å². The van der Waals surface area contributed by atoms with Crippen molar-refractivity contribution in [2.75, 3.05) is 44.6 Å². The highest BCUT2D eigenvalue weighted by Gasteiger charge is 2.21. The molecule has 0 aliphatic carbocycles. The molecule has 2 N–H and O–H groups in total. The molecule has 0 atom stereocenters. The number of piperazine rings is 1. The Kier molecular flexibility index (Phi) is 14.3. The average Bonchev–Trinajstić information content (AvgIpc) is 3.02. The summed E-state index contributed by atoms with van der Waals surface area (Å²) < 4.78 is 33.1. The Balaban J connectivity index is 0.00000111. The quantitative estimate of drug-likeness (QED) is 0.152. The zero-order valence-corrected chi connectivity index (χ0v) is 28.7. The maximum absolute atomic E-state index is 13.5. The Labute approximate surface area is 278 Å². The Morgan fingerprint density at radius 1 is 0.915 bits per heavy atom. The summed E-state index contributed by atoms with van der Waals surface area (Å²) in [6, 6.07) is 14.9. The van der Waals surface area contributed by atoms with Gasteiger partial charge in [0.15, 0.2) is 0 Å². The SMILES string of the molecule is CC(C)(C)O.Cc1cc(OCCN2CCN(C(=O)CCCCC(c3ccc(F)cc3)c3ccc(F)cc3)CC2)c(C)c(C)c1NC=O. The van der Waals surface area contributed by atoms with E-state index in [9.17, 15) is 18.4 Å². The summed E-state index contributed by atoms with van der Waals surface area (Å²) in [4.78, 5) is 28.1. The predicted octanol–water partition coefficient (Wildman–Crippen LogP) is 7.15. The summed E-state index contributed by atoms with van der Waals surface area (Å²) in [5, 5.41) is 11.3. The maximum atomic E-state index is 13.5. The number of amides is 2. The van der Waals surface area contributed by atoms with Crippen molar-refractivity contribution in [3.63, 3.8) is 0 Å². The first-order valence-corrected chi connectivity index (χ1v) is 16.4. The van der Waals surface area contributed by atoms with Crippen molar-refractivity contribution in [1.29, 1.82) is 0 Å². The molecule has 0 radical (unpaired) electrons. The van der Waals surface area contributed by atoms with Gasteiger partial charge in [0.1, 0.15) is 24.0 Å². The molecule has 0 aromatic heterocycles. The molecule has 3 aromatic carbocycles. The van der Waals surface area contributed by atoms with Crippen molar-refractivity contribution in [2.45, 2.75) is 78.7 Å². The number of halogens is 2.